The number of halogens is 1. The van der Waals surface area contributed by atoms with Crippen LogP contribution in [0.15, 0.2) is 18.5 Å². The van der Waals surface area contributed by atoms with Crippen molar-refractivity contribution in [2.24, 2.45) is 0 Å². The summed E-state index contributed by atoms with van der Waals surface area (Å²) in [5.74, 6) is 1.33. The number of nitrogens with zero attached hydrogens (tertiary/aromatic N) is 3. The fourth-order valence-electron chi connectivity index (χ4n) is 3.57. The normalized spacial score (nSPS) is 20.1. The number of ether oxygens (including phenoxy) is 1. The summed E-state index contributed by atoms with van der Waals surface area (Å²) in [4.78, 5) is 11.4. The molecule has 0 unspecified atom stereocenters. The lowest BCUT2D eigenvalue weighted by Crippen LogP contribution is -2.60. The van der Waals surface area contributed by atoms with E-state index >= 15 is 0 Å². The van der Waals surface area contributed by atoms with Gasteiger partial charge < -0.3 is 14.1 Å². The fourth-order valence-corrected chi connectivity index (χ4v) is 4.75. The first-order valence-corrected chi connectivity index (χ1v) is 14.2. The van der Waals surface area contributed by atoms with Crippen LogP contribution >= 0.6 is 11.6 Å². The molecule has 2 aromatic rings. The topological polar surface area (TPSA) is 47.5 Å². The van der Waals surface area contributed by atoms with Crippen molar-refractivity contribution in [3.63, 3.8) is 0 Å². The summed E-state index contributed by atoms with van der Waals surface area (Å²) in [6, 6.07) is 2.21. The maximum Gasteiger partial charge on any atom is 0.192 e. The molecule has 30 heavy (non-hydrogen) atoms. The minimum atomic E-state index is -1.72. The van der Waals surface area contributed by atoms with E-state index in [1.54, 1.807) is 0 Å². The average molecular weight is 450 g/mol. The zero-order valence-corrected chi connectivity index (χ0v) is 21.4. The lowest BCUT2D eigenvalue weighted by molar-refractivity contribution is -0.00791. The molecule has 0 saturated carbocycles. The molecule has 1 saturated heterocycles. The highest BCUT2D eigenvalue weighted by atomic mass is 35.5. The number of anilines is 1. The van der Waals surface area contributed by atoms with Crippen LogP contribution in [0.25, 0.3) is 10.8 Å². The molecule has 0 aromatic carbocycles. The van der Waals surface area contributed by atoms with Gasteiger partial charge in [-0.05, 0) is 48.0 Å². The number of pyridine rings is 2. The molecular weight excluding hydrogens is 414 g/mol. The minimum Gasteiger partial charge on any atom is -0.414 e. The Balaban J connectivity index is 1.64. The van der Waals surface area contributed by atoms with Crippen LogP contribution < -0.4 is 4.90 Å². The first-order chi connectivity index (χ1) is 13.9. The van der Waals surface area contributed by atoms with Crippen LogP contribution in [-0.4, -0.2) is 50.2 Å². The third-order valence-corrected chi connectivity index (χ3v) is 11.5. The molecule has 166 valence electrons. The number of fused-ring (bicyclic) bond motifs is 1. The quantitative estimate of drug-likeness (QED) is 0.293. The van der Waals surface area contributed by atoms with Gasteiger partial charge in [-0.2, -0.15) is 0 Å². The molecule has 2 atom stereocenters. The summed E-state index contributed by atoms with van der Waals surface area (Å²) in [6.07, 6.45) is 4.02. The zero-order chi connectivity index (χ0) is 22.3. The van der Waals surface area contributed by atoms with Crippen LogP contribution in [0.2, 0.25) is 23.3 Å². The van der Waals surface area contributed by atoms with Gasteiger partial charge in [-0.1, -0.05) is 46.2 Å². The summed E-state index contributed by atoms with van der Waals surface area (Å²) >= 11 is 6.18. The number of hydrogen-bond acceptors (Lipinski definition) is 5. The smallest absolute Gasteiger partial charge is 0.192 e. The zero-order valence-electron chi connectivity index (χ0n) is 19.6. The third-order valence-electron chi connectivity index (χ3n) is 6.73. The van der Waals surface area contributed by atoms with E-state index < -0.39 is 8.32 Å². The van der Waals surface area contributed by atoms with E-state index in [0.29, 0.717) is 24.3 Å². The van der Waals surface area contributed by atoms with Crippen molar-refractivity contribution < 1.29 is 9.16 Å². The second kappa shape index (κ2) is 8.73. The molecule has 0 bridgehead atoms. The van der Waals surface area contributed by atoms with E-state index in [9.17, 15) is 0 Å². The largest absolute Gasteiger partial charge is 0.414 e. The van der Waals surface area contributed by atoms with Crippen molar-refractivity contribution in [2.45, 2.75) is 77.7 Å². The van der Waals surface area contributed by atoms with Gasteiger partial charge in [-0.3, -0.25) is 0 Å². The van der Waals surface area contributed by atoms with Gasteiger partial charge in [-0.25, -0.2) is 9.97 Å². The molecule has 0 N–H and O–H groups in total. The standard InChI is InChI=1S/C23H36ClN3O2Si/c1-15(2)18-12-26-22(19-13-25-21(24)11-17(18)19)27-14-20(16(27)3)28-9-10-29-30(7,8)23(4,5)6/h11-13,15-16,20H,9-10,14H2,1-8H3/t16-,20+/m1/s1. The Hall–Kier alpha value is -1.21. The molecule has 0 amide bonds. The van der Waals surface area contributed by atoms with Crippen LogP contribution in [0.5, 0.6) is 0 Å². The van der Waals surface area contributed by atoms with Crippen molar-refractivity contribution in [3.8, 4) is 0 Å². The predicted molar refractivity (Wildman–Crippen MR) is 128 cm³/mol. The summed E-state index contributed by atoms with van der Waals surface area (Å²) in [7, 11) is -1.72. The van der Waals surface area contributed by atoms with Crippen LogP contribution in [0.1, 0.15) is 53.0 Å². The van der Waals surface area contributed by atoms with Crippen LogP contribution in [-0.2, 0) is 9.16 Å². The summed E-state index contributed by atoms with van der Waals surface area (Å²) in [5.41, 5.74) is 1.20. The Morgan fingerprint density at radius 3 is 2.47 bits per heavy atom. The van der Waals surface area contributed by atoms with E-state index in [0.717, 1.165) is 23.1 Å². The van der Waals surface area contributed by atoms with E-state index in [1.165, 1.54) is 5.56 Å². The minimum absolute atomic E-state index is 0.190. The second-order valence-electron chi connectivity index (χ2n) is 10.2. The van der Waals surface area contributed by atoms with Crippen molar-refractivity contribution >= 4 is 36.5 Å². The van der Waals surface area contributed by atoms with E-state index in [4.69, 9.17) is 25.7 Å². The van der Waals surface area contributed by atoms with Gasteiger partial charge in [0, 0.05) is 24.3 Å². The van der Waals surface area contributed by atoms with Crippen molar-refractivity contribution in [2.75, 3.05) is 24.7 Å². The third kappa shape index (κ3) is 4.67. The molecule has 5 nitrogen and oxygen atoms in total. The Kier molecular flexibility index (Phi) is 6.82. The SMILES string of the molecule is CC(C)c1cnc(N2C[C@H](OCCO[Si](C)(C)C(C)(C)C)[C@H]2C)c2cnc(Cl)cc12. The van der Waals surface area contributed by atoms with Gasteiger partial charge in [0.15, 0.2) is 8.32 Å². The molecular formula is C23H36ClN3O2Si. The maximum absolute atomic E-state index is 6.23. The Bertz CT molecular complexity index is 898. The lowest BCUT2D eigenvalue weighted by Gasteiger charge is -2.47. The van der Waals surface area contributed by atoms with Gasteiger partial charge in [0.25, 0.3) is 0 Å². The predicted octanol–water partition coefficient (Wildman–Crippen LogP) is 6.02. The highest BCUT2D eigenvalue weighted by Crippen LogP contribution is 2.37. The van der Waals surface area contributed by atoms with Crippen molar-refractivity contribution in [3.05, 3.63) is 29.2 Å². The van der Waals surface area contributed by atoms with Gasteiger partial charge in [0.2, 0.25) is 0 Å². The number of aromatic nitrogens is 2. The van der Waals surface area contributed by atoms with E-state index in [2.05, 4.69) is 64.5 Å². The molecule has 1 aliphatic rings. The highest BCUT2D eigenvalue weighted by molar-refractivity contribution is 6.74. The first kappa shape index (κ1) is 23.5. The van der Waals surface area contributed by atoms with E-state index in [-0.39, 0.29) is 17.2 Å². The van der Waals surface area contributed by atoms with Crippen molar-refractivity contribution in [1.82, 2.24) is 9.97 Å². The van der Waals surface area contributed by atoms with Gasteiger partial charge in [0.1, 0.15) is 11.0 Å². The fraction of sp³-hybridized carbons (Fsp3) is 0.652. The first-order valence-electron chi connectivity index (χ1n) is 10.9. The summed E-state index contributed by atoms with van der Waals surface area (Å²) in [6.45, 7) is 20.0. The molecule has 1 aliphatic heterocycles. The van der Waals surface area contributed by atoms with Crippen LogP contribution in [0.4, 0.5) is 5.82 Å². The van der Waals surface area contributed by atoms with Crippen molar-refractivity contribution in [1.29, 1.82) is 0 Å². The van der Waals surface area contributed by atoms with E-state index in [1.807, 2.05) is 18.5 Å². The molecule has 0 radical (unpaired) electrons. The molecule has 3 heterocycles. The van der Waals surface area contributed by atoms with Gasteiger partial charge in [0.05, 0.1) is 25.4 Å². The molecule has 0 spiro atoms. The average Bonchev–Trinajstić information content (AvgIpc) is 2.64. The number of hydrogen-bond donors (Lipinski definition) is 0. The molecule has 7 heteroatoms. The summed E-state index contributed by atoms with van der Waals surface area (Å²) < 4.78 is 12.4. The van der Waals surface area contributed by atoms with Gasteiger partial charge in [-0.15, -0.1) is 0 Å². The highest BCUT2D eigenvalue weighted by Gasteiger charge is 2.39. The number of rotatable bonds is 7. The second-order valence-corrected chi connectivity index (χ2v) is 15.4. The molecule has 2 aromatic heterocycles. The maximum atomic E-state index is 6.23. The Labute approximate surface area is 187 Å². The Morgan fingerprint density at radius 2 is 1.87 bits per heavy atom. The molecule has 0 aliphatic carbocycles. The molecule has 3 rings (SSSR count). The lowest BCUT2D eigenvalue weighted by atomic mass is 9.96. The van der Waals surface area contributed by atoms with Crippen LogP contribution in [0.3, 0.4) is 0 Å². The monoisotopic (exact) mass is 449 g/mol. The van der Waals surface area contributed by atoms with Crippen LogP contribution in [0, 0.1) is 0 Å². The molecule has 1 fully saturated rings. The van der Waals surface area contributed by atoms with Gasteiger partial charge >= 0.3 is 0 Å². The summed E-state index contributed by atoms with van der Waals surface area (Å²) in [5, 5.41) is 2.92. The Morgan fingerprint density at radius 1 is 1.17 bits per heavy atom.